The lowest BCUT2D eigenvalue weighted by Crippen LogP contribution is -2.43. The van der Waals surface area contributed by atoms with Crippen molar-refractivity contribution in [3.05, 3.63) is 0 Å². The Bertz CT molecular complexity index is 293. The van der Waals surface area contributed by atoms with Crippen molar-refractivity contribution in [2.75, 3.05) is 13.1 Å². The quantitative estimate of drug-likeness (QED) is 0.695. The first-order valence-electron chi connectivity index (χ1n) is 6.54. The van der Waals surface area contributed by atoms with E-state index in [0.717, 1.165) is 12.8 Å². The van der Waals surface area contributed by atoms with E-state index < -0.39 is 11.4 Å². The molecule has 17 heavy (non-hydrogen) atoms. The second-order valence-electron chi connectivity index (χ2n) is 4.91. The molecule has 0 saturated heterocycles. The van der Waals surface area contributed by atoms with E-state index in [4.69, 9.17) is 5.11 Å². The van der Waals surface area contributed by atoms with E-state index in [1.165, 1.54) is 0 Å². The Morgan fingerprint density at radius 1 is 1.24 bits per heavy atom. The van der Waals surface area contributed by atoms with Crippen LogP contribution in [0.15, 0.2) is 0 Å². The lowest BCUT2D eigenvalue weighted by atomic mass is 10.0. The van der Waals surface area contributed by atoms with Crippen molar-refractivity contribution in [2.45, 2.75) is 46.5 Å². The van der Waals surface area contributed by atoms with Crippen LogP contribution in [0.4, 0.5) is 0 Å². The topological polar surface area (TPSA) is 57.6 Å². The molecule has 1 fully saturated rings. The molecule has 1 saturated carbocycles. The van der Waals surface area contributed by atoms with Gasteiger partial charge in [0, 0.05) is 13.1 Å². The van der Waals surface area contributed by atoms with Crippen molar-refractivity contribution in [3.63, 3.8) is 0 Å². The van der Waals surface area contributed by atoms with Crippen molar-refractivity contribution < 1.29 is 14.7 Å². The minimum Gasteiger partial charge on any atom is -0.480 e. The molecule has 98 valence electrons. The van der Waals surface area contributed by atoms with Gasteiger partial charge in [0.25, 0.3) is 0 Å². The lowest BCUT2D eigenvalue weighted by Gasteiger charge is -2.27. The summed E-state index contributed by atoms with van der Waals surface area (Å²) >= 11 is 0. The summed E-state index contributed by atoms with van der Waals surface area (Å²) in [6.45, 7) is 7.42. The molecule has 1 aliphatic rings. The fourth-order valence-corrected chi connectivity index (χ4v) is 2.16. The standard InChI is InChI=1S/C13H23NO3/c1-4-10(5-2)9-14(6-3)11(15)13(7-8-13)12(16)17/h10H,4-9H2,1-3H3,(H,16,17). The van der Waals surface area contributed by atoms with Crippen LogP contribution < -0.4 is 0 Å². The molecule has 0 spiro atoms. The van der Waals surface area contributed by atoms with Crippen LogP contribution in [0.5, 0.6) is 0 Å². The minimum atomic E-state index is -1.08. The molecule has 1 amide bonds. The fourth-order valence-electron chi connectivity index (χ4n) is 2.16. The summed E-state index contributed by atoms with van der Waals surface area (Å²) in [7, 11) is 0. The minimum absolute atomic E-state index is 0.181. The van der Waals surface area contributed by atoms with Gasteiger partial charge in [-0.1, -0.05) is 26.7 Å². The number of aliphatic carboxylic acids is 1. The number of carbonyl (C=O) groups is 2. The predicted molar refractivity (Wildman–Crippen MR) is 65.6 cm³/mol. The summed E-state index contributed by atoms with van der Waals surface area (Å²) in [4.78, 5) is 25.1. The molecule has 4 heteroatoms. The molecule has 0 aromatic heterocycles. The Labute approximate surface area is 103 Å². The molecular weight excluding hydrogens is 218 g/mol. The van der Waals surface area contributed by atoms with Gasteiger partial charge in [0.15, 0.2) is 0 Å². The zero-order valence-corrected chi connectivity index (χ0v) is 11.0. The van der Waals surface area contributed by atoms with Gasteiger partial charge in [-0.2, -0.15) is 0 Å². The summed E-state index contributed by atoms with van der Waals surface area (Å²) < 4.78 is 0. The van der Waals surface area contributed by atoms with Gasteiger partial charge in [0.05, 0.1) is 0 Å². The van der Waals surface area contributed by atoms with Gasteiger partial charge in [0.2, 0.25) is 5.91 Å². The first-order chi connectivity index (χ1) is 8.01. The molecule has 0 aromatic rings. The van der Waals surface area contributed by atoms with Crippen LogP contribution >= 0.6 is 0 Å². The number of hydrogen-bond donors (Lipinski definition) is 1. The van der Waals surface area contributed by atoms with Gasteiger partial charge in [-0.05, 0) is 25.7 Å². The Morgan fingerprint density at radius 3 is 2.06 bits per heavy atom. The van der Waals surface area contributed by atoms with Gasteiger partial charge in [0.1, 0.15) is 5.41 Å². The third-order valence-corrected chi connectivity index (χ3v) is 3.87. The van der Waals surface area contributed by atoms with Crippen molar-refractivity contribution in [2.24, 2.45) is 11.3 Å². The summed E-state index contributed by atoms with van der Waals surface area (Å²) in [6.07, 6.45) is 3.06. The van der Waals surface area contributed by atoms with E-state index in [0.29, 0.717) is 31.8 Å². The van der Waals surface area contributed by atoms with E-state index in [2.05, 4.69) is 13.8 Å². The van der Waals surface area contributed by atoms with Crippen LogP contribution in [0.25, 0.3) is 0 Å². The van der Waals surface area contributed by atoms with E-state index in [1.807, 2.05) is 6.92 Å². The summed E-state index contributed by atoms with van der Waals surface area (Å²) in [5.41, 5.74) is -1.08. The number of amides is 1. The van der Waals surface area contributed by atoms with Gasteiger partial charge < -0.3 is 10.0 Å². The zero-order chi connectivity index (χ0) is 13.1. The van der Waals surface area contributed by atoms with Crippen LogP contribution in [0.3, 0.4) is 0 Å². The van der Waals surface area contributed by atoms with E-state index in [9.17, 15) is 9.59 Å². The maximum Gasteiger partial charge on any atom is 0.319 e. The fraction of sp³-hybridized carbons (Fsp3) is 0.846. The van der Waals surface area contributed by atoms with E-state index >= 15 is 0 Å². The first kappa shape index (κ1) is 14.0. The highest BCUT2D eigenvalue weighted by molar-refractivity contribution is 6.04. The second-order valence-corrected chi connectivity index (χ2v) is 4.91. The van der Waals surface area contributed by atoms with Gasteiger partial charge >= 0.3 is 5.97 Å². The van der Waals surface area contributed by atoms with Crippen LogP contribution in [0, 0.1) is 11.3 Å². The first-order valence-corrected chi connectivity index (χ1v) is 6.54. The van der Waals surface area contributed by atoms with Gasteiger partial charge in [-0.25, -0.2) is 0 Å². The molecule has 0 radical (unpaired) electrons. The SMILES string of the molecule is CCC(CC)CN(CC)C(=O)C1(C(=O)O)CC1. The molecule has 1 N–H and O–H groups in total. The summed E-state index contributed by atoms with van der Waals surface area (Å²) in [6, 6.07) is 0. The lowest BCUT2D eigenvalue weighted by molar-refractivity contribution is -0.153. The molecule has 0 bridgehead atoms. The van der Waals surface area contributed by atoms with Crippen LogP contribution in [-0.4, -0.2) is 35.0 Å². The third-order valence-electron chi connectivity index (χ3n) is 3.87. The number of carboxylic acids is 1. The number of hydrogen-bond acceptors (Lipinski definition) is 2. The molecule has 0 atom stereocenters. The summed E-state index contributed by atoms with van der Waals surface area (Å²) in [5.74, 6) is -0.659. The Morgan fingerprint density at radius 2 is 1.76 bits per heavy atom. The molecule has 4 nitrogen and oxygen atoms in total. The van der Waals surface area contributed by atoms with Gasteiger partial charge in [-0.15, -0.1) is 0 Å². The van der Waals surface area contributed by atoms with Crippen LogP contribution in [-0.2, 0) is 9.59 Å². The average Bonchev–Trinajstić information content (AvgIpc) is 3.11. The maximum atomic E-state index is 12.2. The Balaban J connectivity index is 2.68. The number of carboxylic acid groups (broad SMARTS) is 1. The van der Waals surface area contributed by atoms with E-state index in [1.54, 1.807) is 4.90 Å². The average molecular weight is 241 g/mol. The summed E-state index contributed by atoms with van der Waals surface area (Å²) in [5, 5.41) is 9.12. The monoisotopic (exact) mass is 241 g/mol. The van der Waals surface area contributed by atoms with Crippen molar-refractivity contribution in [1.29, 1.82) is 0 Å². The molecular formula is C13H23NO3. The van der Waals surface area contributed by atoms with Crippen molar-refractivity contribution >= 4 is 11.9 Å². The van der Waals surface area contributed by atoms with Crippen LogP contribution in [0.2, 0.25) is 0 Å². The van der Waals surface area contributed by atoms with Crippen LogP contribution in [0.1, 0.15) is 46.5 Å². The zero-order valence-electron chi connectivity index (χ0n) is 11.0. The largest absolute Gasteiger partial charge is 0.480 e. The van der Waals surface area contributed by atoms with Crippen molar-refractivity contribution in [3.8, 4) is 0 Å². The number of carbonyl (C=O) groups excluding carboxylic acids is 1. The normalized spacial score (nSPS) is 16.9. The molecule has 0 aromatic carbocycles. The highest BCUT2D eigenvalue weighted by Gasteiger charge is 2.58. The number of nitrogens with zero attached hydrogens (tertiary/aromatic N) is 1. The molecule has 1 aliphatic carbocycles. The number of rotatable bonds is 7. The molecule has 1 rings (SSSR count). The van der Waals surface area contributed by atoms with Gasteiger partial charge in [-0.3, -0.25) is 9.59 Å². The second kappa shape index (κ2) is 5.52. The van der Waals surface area contributed by atoms with Crippen molar-refractivity contribution in [1.82, 2.24) is 4.90 Å². The molecule has 0 unspecified atom stereocenters. The predicted octanol–water partition coefficient (Wildman–Crippen LogP) is 2.14. The molecule has 0 aliphatic heterocycles. The Kier molecular flexibility index (Phi) is 4.54. The Hall–Kier alpha value is -1.06. The molecule has 0 heterocycles. The smallest absolute Gasteiger partial charge is 0.319 e. The highest BCUT2D eigenvalue weighted by atomic mass is 16.4. The maximum absolute atomic E-state index is 12.2. The third kappa shape index (κ3) is 2.79. The van der Waals surface area contributed by atoms with E-state index in [-0.39, 0.29) is 5.91 Å². The highest BCUT2D eigenvalue weighted by Crippen LogP contribution is 2.47.